The first kappa shape index (κ1) is 70.6. The minimum Gasteiger partial charge on any atom is -0.467 e. The molecule has 17 nitrogen and oxygen atoms in total. The number of nitrogens with two attached hydrogens (primary N) is 1. The number of nitrogens with one attached hydrogen (secondary N) is 6. The van der Waals surface area contributed by atoms with Gasteiger partial charge in [-0.3, -0.25) is 24.0 Å². The number of sulfonamides is 1. The lowest BCUT2D eigenvalue weighted by Gasteiger charge is -2.26. The summed E-state index contributed by atoms with van der Waals surface area (Å²) in [5.41, 5.74) is 9.62. The van der Waals surface area contributed by atoms with Crippen molar-refractivity contribution in [2.45, 2.75) is 213 Å². The summed E-state index contributed by atoms with van der Waals surface area (Å²) in [4.78, 5) is 80.0. The van der Waals surface area contributed by atoms with Crippen LogP contribution in [0, 0.1) is 0 Å². The predicted octanol–water partition coefficient (Wildman–Crippen LogP) is 7.03. The van der Waals surface area contributed by atoms with Gasteiger partial charge in [-0.05, 0) is 104 Å². The van der Waals surface area contributed by atoms with Crippen molar-refractivity contribution in [3.05, 3.63) is 34.9 Å². The fourth-order valence-corrected chi connectivity index (χ4v) is 10.4. The Labute approximate surface area is 455 Å². The maximum atomic E-state index is 14.2. The van der Waals surface area contributed by atoms with Crippen LogP contribution >= 0.6 is 23.5 Å². The van der Waals surface area contributed by atoms with E-state index in [2.05, 4.69) is 84.2 Å². The van der Waals surface area contributed by atoms with Crippen LogP contribution < -0.4 is 37.0 Å². The smallest absolute Gasteiger partial charge is 0.329 e. The van der Waals surface area contributed by atoms with E-state index in [1.54, 1.807) is 0 Å². The van der Waals surface area contributed by atoms with Gasteiger partial charge in [0.25, 0.3) is 0 Å². The summed E-state index contributed by atoms with van der Waals surface area (Å²) >= 11 is 2.87. The molecule has 0 aliphatic carbocycles. The van der Waals surface area contributed by atoms with Gasteiger partial charge in [-0.2, -0.15) is 23.5 Å². The lowest BCUT2D eigenvalue weighted by atomic mass is 10.0. The van der Waals surface area contributed by atoms with Crippen molar-refractivity contribution in [2.75, 3.05) is 56.1 Å². The molecule has 428 valence electrons. The number of hydrogen-bond donors (Lipinski definition) is 8. The summed E-state index contributed by atoms with van der Waals surface area (Å²) in [6.07, 6.45) is 28.9. The van der Waals surface area contributed by atoms with Crippen molar-refractivity contribution in [3.8, 4) is 0 Å². The highest BCUT2D eigenvalue weighted by molar-refractivity contribution is 7.99. The van der Waals surface area contributed by atoms with E-state index < -0.39 is 88.9 Å². The Morgan fingerprint density at radius 1 is 0.608 bits per heavy atom. The summed E-state index contributed by atoms with van der Waals surface area (Å²) in [5, 5.41) is 23.0. The summed E-state index contributed by atoms with van der Waals surface area (Å²) in [7, 11) is -2.74. The van der Waals surface area contributed by atoms with E-state index in [9.17, 15) is 42.3 Å². The Hall–Kier alpha value is -3.43. The minimum atomic E-state index is -3.96. The molecule has 0 aromatic rings. The Kier molecular flexibility index (Phi) is 42.6. The number of thioether (sulfide) groups is 2. The van der Waals surface area contributed by atoms with Crippen LogP contribution in [0.25, 0.3) is 0 Å². The zero-order valence-corrected chi connectivity index (χ0v) is 49.0. The lowest BCUT2D eigenvalue weighted by Crippen LogP contribution is -2.61. The van der Waals surface area contributed by atoms with Crippen molar-refractivity contribution < 1.29 is 47.0 Å². The second-order valence-electron chi connectivity index (χ2n) is 19.5. The van der Waals surface area contributed by atoms with Crippen LogP contribution in [0.2, 0.25) is 0 Å². The van der Waals surface area contributed by atoms with Gasteiger partial charge in [0.05, 0.1) is 19.5 Å². The summed E-state index contributed by atoms with van der Waals surface area (Å²) in [6.45, 7) is 10.6. The number of unbranched alkanes of at least 4 members (excludes halogenated alkanes) is 14. The third kappa shape index (κ3) is 37.3. The van der Waals surface area contributed by atoms with Gasteiger partial charge in [0, 0.05) is 25.0 Å². The third-order valence-corrected chi connectivity index (χ3v) is 15.4. The van der Waals surface area contributed by atoms with Gasteiger partial charge in [-0.25, -0.2) is 17.9 Å². The number of aliphatic hydroxyl groups excluding tert-OH is 1. The molecule has 0 saturated carbocycles. The maximum Gasteiger partial charge on any atom is 0.329 e. The molecule has 0 aliphatic rings. The molecule has 0 fully saturated rings. The standard InChI is InChI=1S/C54H99N7O10S3/c1-9-10-11-12-13-14-15-16-17-18-19-20-21-24-37-74(69,70)56-38-47(59-53(67)48(39-62)60-51(65)46(33-35-72-8)57-44(6)63)52(66)58-45(31-22-23-34-55)50(64)61-49(54(68)71-7)40-73-36-32-43(5)30-26-29-42(4)28-25-27-41(2)3/h27,29,32,45-49,56,62H,9-26,28,30-31,33-40,55H2,1-8H3,(H,57,63)(H,58,66)(H,59,67)(H,60,65)(H,61,64)/b42-29+,43-32+/t45-,46-,47-,48-,49-/m0/s1. The van der Waals surface area contributed by atoms with Crippen molar-refractivity contribution in [3.63, 3.8) is 0 Å². The van der Waals surface area contributed by atoms with Crippen LogP contribution in [0.5, 0.6) is 0 Å². The van der Waals surface area contributed by atoms with E-state index >= 15 is 0 Å². The molecule has 0 heterocycles. The summed E-state index contributed by atoms with van der Waals surface area (Å²) in [5.74, 6) is -3.54. The molecular weight excluding hydrogens is 1000 g/mol. The van der Waals surface area contributed by atoms with E-state index in [4.69, 9.17) is 10.5 Å². The number of carbonyl (C=O) groups excluding carboxylic acids is 6. The molecule has 5 atom stereocenters. The van der Waals surface area contributed by atoms with Gasteiger partial charge < -0.3 is 42.2 Å². The molecule has 5 amide bonds. The average Bonchev–Trinajstić information content (AvgIpc) is 3.35. The number of ether oxygens (including phenoxy) is 1. The molecule has 0 unspecified atom stereocenters. The minimum absolute atomic E-state index is 0.0853. The Balaban J connectivity index is 6.08. The van der Waals surface area contributed by atoms with Crippen LogP contribution in [-0.2, 0) is 43.5 Å². The van der Waals surface area contributed by atoms with E-state index in [-0.39, 0.29) is 24.3 Å². The molecule has 0 aromatic heterocycles. The first-order chi connectivity index (χ1) is 35.3. The van der Waals surface area contributed by atoms with E-state index in [0.717, 1.165) is 51.4 Å². The van der Waals surface area contributed by atoms with Crippen molar-refractivity contribution >= 4 is 69.1 Å². The highest BCUT2D eigenvalue weighted by Gasteiger charge is 2.33. The highest BCUT2D eigenvalue weighted by atomic mass is 32.2. The molecule has 0 bridgehead atoms. The van der Waals surface area contributed by atoms with Gasteiger partial charge in [0.2, 0.25) is 39.6 Å². The van der Waals surface area contributed by atoms with Gasteiger partial charge in [-0.1, -0.05) is 125 Å². The van der Waals surface area contributed by atoms with Crippen molar-refractivity contribution in [1.29, 1.82) is 0 Å². The van der Waals surface area contributed by atoms with E-state index in [1.165, 1.54) is 106 Å². The van der Waals surface area contributed by atoms with E-state index in [1.807, 2.05) is 6.26 Å². The Bertz CT molecular complexity index is 1810. The van der Waals surface area contributed by atoms with Gasteiger partial charge >= 0.3 is 5.97 Å². The molecule has 0 saturated heterocycles. The van der Waals surface area contributed by atoms with Crippen LogP contribution in [0.4, 0.5) is 0 Å². The number of amides is 5. The van der Waals surface area contributed by atoms with Crippen molar-refractivity contribution in [1.82, 2.24) is 31.3 Å². The van der Waals surface area contributed by atoms with E-state index in [0.29, 0.717) is 43.7 Å². The topological polar surface area (TPSA) is 264 Å². The number of allylic oxidation sites excluding steroid dienone is 5. The number of rotatable bonds is 46. The Morgan fingerprint density at radius 2 is 1.09 bits per heavy atom. The lowest BCUT2D eigenvalue weighted by molar-refractivity contribution is -0.144. The second-order valence-corrected chi connectivity index (χ2v) is 23.5. The molecular formula is C54H99N7O10S3. The SMILES string of the molecule is CCCCCCCCCCCCCCCCS(=O)(=O)NC[C@H](NC(=O)[C@H](CO)NC(=O)[C@H](CCSC)NC(C)=O)C(=O)N[C@@H](CCCCN)C(=O)N[C@@H](CSC/C=C(\C)CC/C=C(\C)CCC=C(C)C)C(=O)OC. The molecule has 20 heteroatoms. The molecule has 0 spiro atoms. The number of hydrogen-bond acceptors (Lipinski definition) is 13. The van der Waals surface area contributed by atoms with Crippen molar-refractivity contribution in [2.24, 2.45) is 5.73 Å². The Morgan fingerprint density at radius 3 is 1.62 bits per heavy atom. The molecule has 74 heavy (non-hydrogen) atoms. The molecule has 0 aliphatic heterocycles. The highest BCUT2D eigenvalue weighted by Crippen LogP contribution is 2.16. The summed E-state index contributed by atoms with van der Waals surface area (Å²) in [6, 6.07) is -6.57. The van der Waals surface area contributed by atoms with Gasteiger partial charge in [-0.15, -0.1) is 0 Å². The first-order valence-corrected chi connectivity index (χ1v) is 31.4. The fourth-order valence-electron chi connectivity index (χ4n) is 7.81. The number of aliphatic hydroxyl groups is 1. The van der Waals surface area contributed by atoms with Gasteiger partial charge in [0.1, 0.15) is 30.2 Å². The zero-order chi connectivity index (χ0) is 55.6. The molecule has 0 aromatic carbocycles. The van der Waals surface area contributed by atoms with Crippen LogP contribution in [-0.4, -0.2) is 135 Å². The maximum absolute atomic E-state index is 14.2. The zero-order valence-electron chi connectivity index (χ0n) is 46.5. The first-order valence-electron chi connectivity index (χ1n) is 27.2. The van der Waals surface area contributed by atoms with Crippen LogP contribution in [0.1, 0.15) is 183 Å². The molecule has 0 radical (unpaired) electrons. The third-order valence-electron chi connectivity index (χ3n) is 12.4. The summed E-state index contributed by atoms with van der Waals surface area (Å²) < 4.78 is 34.1. The monoisotopic (exact) mass is 1100 g/mol. The number of esters is 1. The molecule has 0 rings (SSSR count). The number of methoxy groups -OCH3 is 1. The van der Waals surface area contributed by atoms with Gasteiger partial charge in [0.15, 0.2) is 0 Å². The predicted molar refractivity (Wildman–Crippen MR) is 305 cm³/mol. The largest absolute Gasteiger partial charge is 0.467 e. The van der Waals surface area contributed by atoms with Crippen LogP contribution in [0.15, 0.2) is 34.9 Å². The second kappa shape index (κ2) is 44.7. The molecule has 9 N–H and O–H groups in total. The quantitative estimate of drug-likeness (QED) is 0.0173. The normalized spacial score (nSPS) is 14.0. The number of carbonyl (C=O) groups is 6. The average molecular weight is 1100 g/mol. The van der Waals surface area contributed by atoms with Crippen LogP contribution in [0.3, 0.4) is 0 Å². The fraction of sp³-hybridized carbons (Fsp3) is 0.778.